The second-order valence-electron chi connectivity index (χ2n) is 7.72. The molecule has 2 aliphatic heterocycles. The average molecular weight is 411 g/mol. The summed E-state index contributed by atoms with van der Waals surface area (Å²) < 4.78 is 18.9. The van der Waals surface area contributed by atoms with Gasteiger partial charge < -0.3 is 14.5 Å². The van der Waals surface area contributed by atoms with Gasteiger partial charge in [-0.1, -0.05) is 0 Å². The molecule has 2 saturated heterocycles. The van der Waals surface area contributed by atoms with Crippen molar-refractivity contribution in [1.29, 1.82) is 0 Å². The zero-order valence-corrected chi connectivity index (χ0v) is 17.1. The summed E-state index contributed by atoms with van der Waals surface area (Å²) in [7, 11) is 1.58. The van der Waals surface area contributed by atoms with Gasteiger partial charge in [-0.2, -0.15) is 0 Å². The first-order chi connectivity index (χ1) is 14.5. The van der Waals surface area contributed by atoms with E-state index in [-0.39, 0.29) is 17.6 Å². The van der Waals surface area contributed by atoms with Crippen molar-refractivity contribution >= 4 is 17.5 Å². The molecule has 30 heavy (non-hydrogen) atoms. The Kier molecular flexibility index (Phi) is 5.99. The summed E-state index contributed by atoms with van der Waals surface area (Å²) >= 11 is 0. The van der Waals surface area contributed by atoms with E-state index in [1.54, 1.807) is 30.2 Å². The molecule has 158 valence electrons. The minimum atomic E-state index is -0.279. The van der Waals surface area contributed by atoms with Crippen molar-refractivity contribution < 1.29 is 18.7 Å². The van der Waals surface area contributed by atoms with Crippen LogP contribution in [0.25, 0.3) is 0 Å². The highest BCUT2D eigenvalue weighted by molar-refractivity contribution is 5.97. The molecule has 0 atom stereocenters. The summed E-state index contributed by atoms with van der Waals surface area (Å²) in [5.41, 5.74) is 2.29. The van der Waals surface area contributed by atoms with E-state index in [1.807, 2.05) is 17.0 Å². The number of hydrogen-bond acceptors (Lipinski definition) is 4. The molecule has 0 spiro atoms. The van der Waals surface area contributed by atoms with Crippen molar-refractivity contribution in [2.45, 2.75) is 19.4 Å². The van der Waals surface area contributed by atoms with Gasteiger partial charge >= 0.3 is 0 Å². The summed E-state index contributed by atoms with van der Waals surface area (Å²) in [6.07, 6.45) is 1.47. The highest BCUT2D eigenvalue weighted by Gasteiger charge is 2.24. The number of piperazine rings is 1. The Morgan fingerprint density at radius 2 is 1.77 bits per heavy atom. The summed E-state index contributed by atoms with van der Waals surface area (Å²) in [5.74, 6) is 0.530. The van der Waals surface area contributed by atoms with Crippen LogP contribution in [0, 0.1) is 5.82 Å². The van der Waals surface area contributed by atoms with Crippen LogP contribution >= 0.6 is 0 Å². The van der Waals surface area contributed by atoms with Gasteiger partial charge in [-0.05, 0) is 48.9 Å². The fourth-order valence-electron chi connectivity index (χ4n) is 4.11. The highest BCUT2D eigenvalue weighted by Crippen LogP contribution is 2.24. The number of amides is 2. The Hall–Kier alpha value is -2.93. The maximum absolute atomic E-state index is 13.6. The highest BCUT2D eigenvalue weighted by atomic mass is 19.1. The quantitative estimate of drug-likeness (QED) is 0.759. The topological polar surface area (TPSA) is 53.1 Å². The number of ether oxygens (including phenoxy) is 1. The SMILES string of the molecule is COc1ccc(F)cc1CN1CCN(C(=O)c2ccc(N3CCCC3=O)cc2)CC1. The molecular weight excluding hydrogens is 385 g/mol. The minimum absolute atomic E-state index is 0.00251. The fourth-order valence-corrected chi connectivity index (χ4v) is 4.11. The molecule has 2 aliphatic rings. The zero-order valence-electron chi connectivity index (χ0n) is 17.1. The van der Waals surface area contributed by atoms with E-state index in [1.165, 1.54) is 12.1 Å². The maximum Gasteiger partial charge on any atom is 0.253 e. The van der Waals surface area contributed by atoms with Gasteiger partial charge in [0, 0.05) is 62.5 Å². The first kappa shape index (κ1) is 20.3. The van der Waals surface area contributed by atoms with Crippen LogP contribution < -0.4 is 9.64 Å². The number of halogens is 1. The third-order valence-electron chi connectivity index (χ3n) is 5.80. The van der Waals surface area contributed by atoms with E-state index in [0.29, 0.717) is 50.5 Å². The summed E-state index contributed by atoms with van der Waals surface area (Å²) in [4.78, 5) is 30.6. The van der Waals surface area contributed by atoms with Crippen molar-refractivity contribution in [3.63, 3.8) is 0 Å². The lowest BCUT2D eigenvalue weighted by Crippen LogP contribution is -2.48. The van der Waals surface area contributed by atoms with E-state index < -0.39 is 0 Å². The molecule has 0 N–H and O–H groups in total. The largest absolute Gasteiger partial charge is 0.496 e. The molecule has 0 aliphatic carbocycles. The molecule has 0 radical (unpaired) electrons. The van der Waals surface area contributed by atoms with Crippen LogP contribution in [0.2, 0.25) is 0 Å². The van der Waals surface area contributed by atoms with E-state index in [0.717, 1.165) is 24.2 Å². The van der Waals surface area contributed by atoms with E-state index in [2.05, 4.69) is 4.90 Å². The molecular formula is C23H26FN3O3. The Morgan fingerprint density at radius 3 is 2.40 bits per heavy atom. The van der Waals surface area contributed by atoms with Gasteiger partial charge in [0.15, 0.2) is 0 Å². The fraction of sp³-hybridized carbons (Fsp3) is 0.391. The first-order valence-electron chi connectivity index (χ1n) is 10.3. The number of rotatable bonds is 5. The van der Waals surface area contributed by atoms with Gasteiger partial charge in [-0.15, -0.1) is 0 Å². The number of methoxy groups -OCH3 is 1. The van der Waals surface area contributed by atoms with E-state index >= 15 is 0 Å². The maximum atomic E-state index is 13.6. The minimum Gasteiger partial charge on any atom is -0.496 e. The normalized spacial score (nSPS) is 17.5. The molecule has 2 heterocycles. The Bertz CT molecular complexity index is 924. The monoisotopic (exact) mass is 411 g/mol. The number of carbonyl (C=O) groups excluding carboxylic acids is 2. The molecule has 4 rings (SSSR count). The summed E-state index contributed by atoms with van der Waals surface area (Å²) in [6, 6.07) is 11.8. The van der Waals surface area contributed by atoms with Gasteiger partial charge in [-0.3, -0.25) is 14.5 Å². The van der Waals surface area contributed by atoms with Crippen LogP contribution in [-0.2, 0) is 11.3 Å². The van der Waals surface area contributed by atoms with Crippen molar-refractivity contribution in [2.75, 3.05) is 44.7 Å². The van der Waals surface area contributed by atoms with Crippen molar-refractivity contribution in [2.24, 2.45) is 0 Å². The molecule has 0 aromatic heterocycles. The second kappa shape index (κ2) is 8.83. The smallest absolute Gasteiger partial charge is 0.253 e. The van der Waals surface area contributed by atoms with Crippen molar-refractivity contribution in [1.82, 2.24) is 9.80 Å². The van der Waals surface area contributed by atoms with E-state index in [4.69, 9.17) is 4.74 Å². The molecule has 6 nitrogen and oxygen atoms in total. The Morgan fingerprint density at radius 1 is 1.03 bits per heavy atom. The molecule has 0 bridgehead atoms. The number of carbonyl (C=O) groups is 2. The molecule has 2 aromatic carbocycles. The van der Waals surface area contributed by atoms with Crippen LogP contribution in [0.3, 0.4) is 0 Å². The standard InChI is InChI=1S/C23H26FN3O3/c1-30-21-9-6-19(24)15-18(21)16-25-11-13-26(14-12-25)23(29)17-4-7-20(8-5-17)27-10-2-3-22(27)28/h4-9,15H,2-3,10-14,16H2,1H3. The Balaban J connectivity index is 1.34. The second-order valence-corrected chi connectivity index (χ2v) is 7.72. The summed E-state index contributed by atoms with van der Waals surface area (Å²) in [6.45, 7) is 3.98. The van der Waals surface area contributed by atoms with Crippen molar-refractivity contribution in [3.05, 3.63) is 59.4 Å². The number of nitrogens with zero attached hydrogens (tertiary/aromatic N) is 3. The predicted molar refractivity (Wildman–Crippen MR) is 112 cm³/mol. The van der Waals surface area contributed by atoms with Crippen LogP contribution in [0.1, 0.15) is 28.8 Å². The van der Waals surface area contributed by atoms with Gasteiger partial charge in [0.25, 0.3) is 5.91 Å². The lowest BCUT2D eigenvalue weighted by molar-refractivity contribution is -0.117. The van der Waals surface area contributed by atoms with Crippen molar-refractivity contribution in [3.8, 4) is 5.75 Å². The lowest BCUT2D eigenvalue weighted by Gasteiger charge is -2.35. The molecule has 0 unspecified atom stereocenters. The van der Waals surface area contributed by atoms with Crippen LogP contribution in [0.4, 0.5) is 10.1 Å². The van der Waals surface area contributed by atoms with Crippen LogP contribution in [-0.4, -0.2) is 61.4 Å². The van der Waals surface area contributed by atoms with Gasteiger partial charge in [0.05, 0.1) is 7.11 Å². The zero-order chi connectivity index (χ0) is 21.1. The number of hydrogen-bond donors (Lipinski definition) is 0. The molecule has 2 aromatic rings. The van der Waals surface area contributed by atoms with Gasteiger partial charge in [0.2, 0.25) is 5.91 Å². The van der Waals surface area contributed by atoms with Crippen LogP contribution in [0.15, 0.2) is 42.5 Å². The third kappa shape index (κ3) is 4.31. The molecule has 2 amide bonds. The Labute approximate surface area is 175 Å². The molecule has 2 fully saturated rings. The van der Waals surface area contributed by atoms with Gasteiger partial charge in [0.1, 0.15) is 11.6 Å². The van der Waals surface area contributed by atoms with E-state index in [9.17, 15) is 14.0 Å². The lowest BCUT2D eigenvalue weighted by atomic mass is 10.1. The number of anilines is 1. The first-order valence-corrected chi connectivity index (χ1v) is 10.3. The predicted octanol–water partition coefficient (Wildman–Crippen LogP) is 2.92. The number of benzene rings is 2. The third-order valence-corrected chi connectivity index (χ3v) is 5.80. The molecule has 7 heteroatoms. The van der Waals surface area contributed by atoms with Crippen LogP contribution in [0.5, 0.6) is 5.75 Å². The van der Waals surface area contributed by atoms with Gasteiger partial charge in [-0.25, -0.2) is 4.39 Å². The molecule has 0 saturated carbocycles. The average Bonchev–Trinajstić information content (AvgIpc) is 3.20. The summed E-state index contributed by atoms with van der Waals surface area (Å²) in [5, 5.41) is 0.